The minimum absolute atomic E-state index is 0. The third-order valence-electron chi connectivity index (χ3n) is 5.02. The Kier molecular flexibility index (Phi) is 6.90. The van der Waals surface area contributed by atoms with Gasteiger partial charge in [0.25, 0.3) is 0 Å². The van der Waals surface area contributed by atoms with Crippen LogP contribution in [-0.2, 0) is 16.0 Å². The number of carbonyl (C=O) groups excluding carboxylic acids is 1. The van der Waals surface area contributed by atoms with Crippen molar-refractivity contribution in [2.24, 2.45) is 5.41 Å². The summed E-state index contributed by atoms with van der Waals surface area (Å²) in [6, 6.07) is 8.00. The average Bonchev–Trinajstić information content (AvgIpc) is 2.49. The molecule has 2 N–H and O–H groups in total. The fraction of sp³-hybridized carbons (Fsp3) is 0.611. The number of ether oxygens (including phenoxy) is 1. The number of para-hydroxylation sites is 1. The first kappa shape index (κ1) is 19.8. The highest BCUT2D eigenvalue weighted by Crippen LogP contribution is 2.45. The summed E-state index contributed by atoms with van der Waals surface area (Å²) in [6.07, 6.45) is 2.37. The normalized spacial score (nSPS) is 21.9. The number of hydrogen-bond acceptors (Lipinski definition) is 3. The first-order valence-electron chi connectivity index (χ1n) is 8.08. The maximum atomic E-state index is 12.5. The van der Waals surface area contributed by atoms with Gasteiger partial charge in [-0.3, -0.25) is 4.79 Å². The molecule has 0 spiro atoms. The van der Waals surface area contributed by atoms with Gasteiger partial charge in [0.1, 0.15) is 0 Å². The minimum atomic E-state index is 0. The van der Waals surface area contributed by atoms with E-state index in [0.717, 1.165) is 24.3 Å². The second-order valence-corrected chi connectivity index (χ2v) is 6.72. The van der Waals surface area contributed by atoms with Crippen molar-refractivity contribution in [3.63, 3.8) is 0 Å². The minimum Gasteiger partial charge on any atom is -0.399 e. The Bertz CT molecular complexity index is 534. The molecule has 1 aromatic carbocycles. The van der Waals surface area contributed by atoms with Crippen LogP contribution < -0.4 is 5.73 Å². The summed E-state index contributed by atoms with van der Waals surface area (Å²) in [7, 11) is 1.91. The molecule has 1 aliphatic rings. The van der Waals surface area contributed by atoms with Crippen LogP contribution in [0.2, 0.25) is 0 Å². The predicted molar refractivity (Wildman–Crippen MR) is 96.8 cm³/mol. The van der Waals surface area contributed by atoms with Gasteiger partial charge >= 0.3 is 0 Å². The van der Waals surface area contributed by atoms with Crippen LogP contribution in [0, 0.1) is 5.41 Å². The summed E-state index contributed by atoms with van der Waals surface area (Å²) in [6.45, 7) is 7.11. The van der Waals surface area contributed by atoms with Crippen molar-refractivity contribution >= 4 is 24.0 Å². The summed E-state index contributed by atoms with van der Waals surface area (Å²) in [5.74, 6) is 0.177. The van der Waals surface area contributed by atoms with Gasteiger partial charge in [0.05, 0.1) is 6.10 Å². The van der Waals surface area contributed by atoms with Crippen LogP contribution in [0.5, 0.6) is 0 Å². The molecular weight excluding hydrogens is 312 g/mol. The Balaban J connectivity index is 0.00000264. The first-order valence-corrected chi connectivity index (χ1v) is 8.08. The lowest BCUT2D eigenvalue weighted by Crippen LogP contribution is -2.62. The zero-order valence-electron chi connectivity index (χ0n) is 14.5. The molecule has 1 amide bonds. The number of nitrogen functional groups attached to an aromatic ring is 1. The van der Waals surface area contributed by atoms with Crippen LogP contribution in [0.1, 0.15) is 39.2 Å². The van der Waals surface area contributed by atoms with Gasteiger partial charge in [-0.05, 0) is 31.4 Å². The van der Waals surface area contributed by atoms with Gasteiger partial charge in [0.15, 0.2) is 0 Å². The molecule has 1 aromatic rings. The number of nitrogens with two attached hydrogens (primary N) is 1. The zero-order valence-corrected chi connectivity index (χ0v) is 15.4. The average molecular weight is 341 g/mol. The molecule has 0 bridgehead atoms. The van der Waals surface area contributed by atoms with Crippen LogP contribution in [0.4, 0.5) is 5.69 Å². The molecule has 1 saturated carbocycles. The Morgan fingerprint density at radius 1 is 1.39 bits per heavy atom. The fourth-order valence-corrected chi connectivity index (χ4v) is 3.36. The summed E-state index contributed by atoms with van der Waals surface area (Å²) >= 11 is 0. The molecule has 0 radical (unpaired) electrons. The van der Waals surface area contributed by atoms with Crippen LogP contribution >= 0.6 is 12.4 Å². The van der Waals surface area contributed by atoms with Crippen molar-refractivity contribution in [2.45, 2.75) is 52.2 Å². The van der Waals surface area contributed by atoms with Crippen molar-refractivity contribution in [3.05, 3.63) is 29.8 Å². The third-order valence-corrected chi connectivity index (χ3v) is 5.02. The molecule has 4 nitrogen and oxygen atoms in total. The molecule has 0 aromatic heterocycles. The fourth-order valence-electron chi connectivity index (χ4n) is 3.36. The van der Waals surface area contributed by atoms with Crippen molar-refractivity contribution < 1.29 is 9.53 Å². The number of amides is 1. The van der Waals surface area contributed by atoms with Gasteiger partial charge in [-0.25, -0.2) is 0 Å². The van der Waals surface area contributed by atoms with Gasteiger partial charge < -0.3 is 15.4 Å². The molecule has 0 heterocycles. The number of aryl methyl sites for hydroxylation is 1. The largest absolute Gasteiger partial charge is 0.399 e. The van der Waals surface area contributed by atoms with E-state index in [1.807, 2.05) is 43.1 Å². The summed E-state index contributed by atoms with van der Waals surface area (Å²) < 4.78 is 5.74. The molecule has 1 fully saturated rings. The highest BCUT2D eigenvalue weighted by atomic mass is 35.5. The van der Waals surface area contributed by atoms with Gasteiger partial charge in [0.2, 0.25) is 5.91 Å². The lowest BCUT2D eigenvalue weighted by molar-refractivity contribution is -0.163. The van der Waals surface area contributed by atoms with Crippen molar-refractivity contribution in [2.75, 3.05) is 19.4 Å². The van der Waals surface area contributed by atoms with Gasteiger partial charge in [0, 0.05) is 37.2 Å². The van der Waals surface area contributed by atoms with Gasteiger partial charge in [-0.1, -0.05) is 32.0 Å². The Morgan fingerprint density at radius 3 is 2.61 bits per heavy atom. The van der Waals surface area contributed by atoms with E-state index in [0.29, 0.717) is 12.8 Å². The van der Waals surface area contributed by atoms with Crippen molar-refractivity contribution in [1.82, 2.24) is 4.90 Å². The first-order chi connectivity index (χ1) is 10.4. The maximum Gasteiger partial charge on any atom is 0.222 e. The van der Waals surface area contributed by atoms with Crippen LogP contribution in [0.15, 0.2) is 24.3 Å². The molecule has 1 aliphatic carbocycles. The highest BCUT2D eigenvalue weighted by molar-refractivity contribution is 5.85. The number of rotatable bonds is 6. The van der Waals surface area contributed by atoms with E-state index in [-0.39, 0.29) is 35.9 Å². The smallest absolute Gasteiger partial charge is 0.222 e. The zero-order chi connectivity index (χ0) is 16.3. The molecule has 23 heavy (non-hydrogen) atoms. The summed E-state index contributed by atoms with van der Waals surface area (Å²) in [5.41, 5.74) is 7.76. The van der Waals surface area contributed by atoms with E-state index in [2.05, 4.69) is 13.8 Å². The third kappa shape index (κ3) is 4.18. The van der Waals surface area contributed by atoms with E-state index < -0.39 is 0 Å². The van der Waals surface area contributed by atoms with E-state index >= 15 is 0 Å². The van der Waals surface area contributed by atoms with Crippen LogP contribution in [-0.4, -0.2) is 36.6 Å². The predicted octanol–water partition coefficient (Wildman–Crippen LogP) is 3.29. The van der Waals surface area contributed by atoms with Gasteiger partial charge in [-0.2, -0.15) is 0 Å². The molecule has 2 rings (SSSR count). The number of carbonyl (C=O) groups is 1. The van der Waals surface area contributed by atoms with E-state index in [1.54, 1.807) is 0 Å². The monoisotopic (exact) mass is 340 g/mol. The van der Waals surface area contributed by atoms with Gasteiger partial charge in [-0.15, -0.1) is 12.4 Å². The van der Waals surface area contributed by atoms with Crippen molar-refractivity contribution in [3.8, 4) is 0 Å². The molecule has 0 aliphatic heterocycles. The van der Waals surface area contributed by atoms with Crippen LogP contribution in [0.25, 0.3) is 0 Å². The SMILES string of the molecule is CCOC1CC(N(C)C(=O)CCc2ccccc2N)C1(C)C.Cl. The molecular formula is C18H29ClN2O2. The number of anilines is 1. The number of halogens is 1. The summed E-state index contributed by atoms with van der Waals surface area (Å²) in [5, 5.41) is 0. The number of hydrogen-bond donors (Lipinski definition) is 1. The topological polar surface area (TPSA) is 55.6 Å². The molecule has 2 atom stereocenters. The Hall–Kier alpha value is -1.26. The standard InChI is InChI=1S/C18H28N2O2.ClH/c1-5-22-16-12-15(18(16,2)3)20(4)17(21)11-10-13-8-6-7-9-14(13)19;/h6-9,15-16H,5,10-12,19H2,1-4H3;1H. The van der Waals surface area contributed by atoms with Crippen molar-refractivity contribution in [1.29, 1.82) is 0 Å². The molecule has 5 heteroatoms. The second-order valence-electron chi connectivity index (χ2n) is 6.72. The van der Waals surface area contributed by atoms with E-state index in [1.165, 1.54) is 0 Å². The second kappa shape index (κ2) is 8.02. The van der Waals surface area contributed by atoms with Crippen LogP contribution in [0.3, 0.4) is 0 Å². The highest BCUT2D eigenvalue weighted by Gasteiger charge is 2.51. The lowest BCUT2D eigenvalue weighted by atomic mass is 9.63. The van der Waals surface area contributed by atoms with E-state index in [4.69, 9.17) is 10.5 Å². The maximum absolute atomic E-state index is 12.5. The lowest BCUT2D eigenvalue weighted by Gasteiger charge is -2.54. The number of benzene rings is 1. The molecule has 130 valence electrons. The summed E-state index contributed by atoms with van der Waals surface area (Å²) in [4.78, 5) is 14.4. The number of nitrogens with zero attached hydrogens (tertiary/aromatic N) is 1. The quantitative estimate of drug-likeness (QED) is 0.808. The Morgan fingerprint density at radius 2 is 2.04 bits per heavy atom. The molecule has 2 unspecified atom stereocenters. The Labute approximate surface area is 145 Å². The molecule has 0 saturated heterocycles. The van der Waals surface area contributed by atoms with E-state index in [9.17, 15) is 4.79 Å².